The molecule has 0 aliphatic heterocycles. The molecule has 3 aromatic heterocycles. The molecule has 3 nitrogen and oxygen atoms in total. The summed E-state index contributed by atoms with van der Waals surface area (Å²) in [6.07, 6.45) is 1.68. The molecule has 6 rings (SSSR count). The number of aromatic nitrogens is 3. The second-order valence-corrected chi connectivity index (χ2v) is 7.38. The Morgan fingerprint density at radius 2 is 1.27 bits per heavy atom. The van der Waals surface area contributed by atoms with Crippen molar-refractivity contribution >= 4 is 53.4 Å². The zero-order chi connectivity index (χ0) is 17.1. The van der Waals surface area contributed by atoms with E-state index in [0.29, 0.717) is 0 Å². The fourth-order valence-electron chi connectivity index (χ4n) is 3.86. The highest BCUT2D eigenvalue weighted by Crippen LogP contribution is 2.38. The summed E-state index contributed by atoms with van der Waals surface area (Å²) in [5.41, 5.74) is 2.34. The first-order valence-corrected chi connectivity index (χ1v) is 9.34. The standard InChI is InChI=1S/C22H13N3S/c1-4-10-17-14(7-1)15-8-2-5-11-18(15)25(17)21-20-16-9-3-6-12-19(16)26-22(20)24-13-23-21/h1-13H. The zero-order valence-corrected chi connectivity index (χ0v) is 14.6. The van der Waals surface area contributed by atoms with Crippen LogP contribution in [0, 0.1) is 0 Å². The minimum Gasteiger partial charge on any atom is -0.293 e. The van der Waals surface area contributed by atoms with Crippen molar-refractivity contribution in [1.82, 2.24) is 14.5 Å². The van der Waals surface area contributed by atoms with Gasteiger partial charge in [-0.2, -0.15) is 0 Å². The Balaban J connectivity index is 1.87. The van der Waals surface area contributed by atoms with E-state index in [-0.39, 0.29) is 0 Å². The molecule has 0 N–H and O–H groups in total. The molecule has 3 heterocycles. The minimum absolute atomic E-state index is 0.949. The Bertz CT molecular complexity index is 1390. The van der Waals surface area contributed by atoms with Gasteiger partial charge in [0.2, 0.25) is 0 Å². The molecule has 0 saturated carbocycles. The maximum absolute atomic E-state index is 4.73. The van der Waals surface area contributed by atoms with Gasteiger partial charge in [0.15, 0.2) is 0 Å². The molecule has 0 aliphatic carbocycles. The van der Waals surface area contributed by atoms with Crippen LogP contribution in [-0.4, -0.2) is 14.5 Å². The maximum atomic E-state index is 4.73. The van der Waals surface area contributed by atoms with Crippen LogP contribution in [0.3, 0.4) is 0 Å². The molecule has 0 spiro atoms. The lowest BCUT2D eigenvalue weighted by molar-refractivity contribution is 1.07. The van der Waals surface area contributed by atoms with Crippen LogP contribution in [0.25, 0.3) is 47.9 Å². The van der Waals surface area contributed by atoms with Gasteiger partial charge in [-0.1, -0.05) is 54.6 Å². The second kappa shape index (κ2) is 5.13. The molecule has 0 atom stereocenters. The van der Waals surface area contributed by atoms with Crippen LogP contribution in [-0.2, 0) is 0 Å². The Morgan fingerprint density at radius 3 is 2.00 bits per heavy atom. The molecule has 26 heavy (non-hydrogen) atoms. The van der Waals surface area contributed by atoms with Gasteiger partial charge in [-0.15, -0.1) is 11.3 Å². The molecule has 3 aromatic carbocycles. The normalized spacial score (nSPS) is 11.8. The fourth-order valence-corrected chi connectivity index (χ4v) is 4.90. The first-order chi connectivity index (χ1) is 12.9. The summed E-state index contributed by atoms with van der Waals surface area (Å²) < 4.78 is 3.51. The second-order valence-electron chi connectivity index (χ2n) is 6.35. The molecular weight excluding hydrogens is 338 g/mol. The van der Waals surface area contributed by atoms with E-state index >= 15 is 0 Å². The highest BCUT2D eigenvalue weighted by Gasteiger charge is 2.17. The summed E-state index contributed by atoms with van der Waals surface area (Å²) in [6.45, 7) is 0. The maximum Gasteiger partial charge on any atom is 0.150 e. The van der Waals surface area contributed by atoms with Crippen LogP contribution in [0.4, 0.5) is 0 Å². The first kappa shape index (κ1) is 14.0. The largest absolute Gasteiger partial charge is 0.293 e. The highest BCUT2D eigenvalue weighted by atomic mass is 32.1. The predicted octanol–water partition coefficient (Wildman–Crippen LogP) is 5.94. The Labute approximate surface area is 153 Å². The van der Waals surface area contributed by atoms with Crippen LogP contribution < -0.4 is 0 Å². The van der Waals surface area contributed by atoms with Gasteiger partial charge < -0.3 is 0 Å². The summed E-state index contributed by atoms with van der Waals surface area (Å²) in [5, 5.41) is 4.83. The summed E-state index contributed by atoms with van der Waals surface area (Å²) in [4.78, 5) is 10.3. The van der Waals surface area contributed by atoms with Crippen molar-refractivity contribution in [2.75, 3.05) is 0 Å². The summed E-state index contributed by atoms with van der Waals surface area (Å²) >= 11 is 1.72. The number of para-hydroxylation sites is 2. The fraction of sp³-hybridized carbons (Fsp3) is 0. The van der Waals surface area contributed by atoms with Gasteiger partial charge in [-0.3, -0.25) is 4.57 Å². The molecule has 0 fully saturated rings. The zero-order valence-electron chi connectivity index (χ0n) is 13.8. The van der Waals surface area contributed by atoms with Crippen molar-refractivity contribution in [2.24, 2.45) is 0 Å². The number of fused-ring (bicyclic) bond motifs is 6. The van der Waals surface area contributed by atoms with Crippen LogP contribution >= 0.6 is 11.3 Å². The molecule has 6 aromatic rings. The molecule has 0 amide bonds. The Kier molecular flexibility index (Phi) is 2.76. The van der Waals surface area contributed by atoms with Crippen LogP contribution in [0.1, 0.15) is 0 Å². The highest BCUT2D eigenvalue weighted by molar-refractivity contribution is 7.25. The number of rotatable bonds is 1. The number of hydrogen-bond acceptors (Lipinski definition) is 3. The van der Waals surface area contributed by atoms with Crippen molar-refractivity contribution in [3.8, 4) is 5.82 Å². The third-order valence-corrected chi connectivity index (χ3v) is 6.03. The van der Waals surface area contributed by atoms with Crippen LogP contribution in [0.5, 0.6) is 0 Å². The van der Waals surface area contributed by atoms with Gasteiger partial charge in [0.25, 0.3) is 0 Å². The van der Waals surface area contributed by atoms with Gasteiger partial charge >= 0.3 is 0 Å². The summed E-state index contributed by atoms with van der Waals surface area (Å²) in [5.74, 6) is 0.949. The van der Waals surface area contributed by atoms with Crippen LogP contribution in [0.15, 0.2) is 79.1 Å². The van der Waals surface area contributed by atoms with Crippen molar-refractivity contribution in [3.63, 3.8) is 0 Å². The van der Waals surface area contributed by atoms with Gasteiger partial charge in [-0.05, 0) is 18.2 Å². The third-order valence-electron chi connectivity index (χ3n) is 4.95. The summed E-state index contributed by atoms with van der Waals surface area (Å²) in [6, 6.07) is 25.5. The van der Waals surface area contributed by atoms with Gasteiger partial charge in [0.1, 0.15) is 17.0 Å². The van der Waals surface area contributed by atoms with Crippen molar-refractivity contribution < 1.29 is 0 Å². The quantitative estimate of drug-likeness (QED) is 0.367. The minimum atomic E-state index is 0.949. The first-order valence-electron chi connectivity index (χ1n) is 8.52. The molecule has 0 aliphatic rings. The van der Waals surface area contributed by atoms with Crippen molar-refractivity contribution in [1.29, 1.82) is 0 Å². The third kappa shape index (κ3) is 1.77. The molecule has 0 bridgehead atoms. The monoisotopic (exact) mass is 351 g/mol. The Hall–Kier alpha value is -3.24. The lowest BCUT2D eigenvalue weighted by Crippen LogP contribution is -1.98. The number of benzene rings is 3. The number of thiophene rings is 1. The lowest BCUT2D eigenvalue weighted by Gasteiger charge is -2.08. The predicted molar refractivity (Wildman–Crippen MR) is 109 cm³/mol. The van der Waals surface area contributed by atoms with Gasteiger partial charge in [0, 0.05) is 20.9 Å². The average Bonchev–Trinajstić information content (AvgIpc) is 3.24. The van der Waals surface area contributed by atoms with E-state index in [2.05, 4.69) is 82.3 Å². The van der Waals surface area contributed by atoms with Crippen LogP contribution in [0.2, 0.25) is 0 Å². The van der Waals surface area contributed by atoms with E-state index in [1.807, 2.05) is 0 Å². The SMILES string of the molecule is c1ccc2c(c1)sc1ncnc(-n3c4ccccc4c4ccccc43)c12. The number of hydrogen-bond donors (Lipinski definition) is 0. The van der Waals surface area contributed by atoms with E-state index in [4.69, 9.17) is 4.98 Å². The van der Waals surface area contributed by atoms with E-state index < -0.39 is 0 Å². The molecule has 0 radical (unpaired) electrons. The average molecular weight is 351 g/mol. The van der Waals surface area contributed by atoms with E-state index in [1.54, 1.807) is 17.7 Å². The molecule has 4 heteroatoms. The van der Waals surface area contributed by atoms with E-state index in [0.717, 1.165) is 16.0 Å². The molecule has 0 unspecified atom stereocenters. The van der Waals surface area contributed by atoms with Gasteiger partial charge in [-0.25, -0.2) is 9.97 Å². The van der Waals surface area contributed by atoms with Gasteiger partial charge in [0.05, 0.1) is 16.4 Å². The lowest BCUT2D eigenvalue weighted by atomic mass is 10.2. The molecule has 122 valence electrons. The van der Waals surface area contributed by atoms with Crippen molar-refractivity contribution in [3.05, 3.63) is 79.1 Å². The molecule has 0 saturated heterocycles. The van der Waals surface area contributed by atoms with E-state index in [1.165, 1.54) is 31.9 Å². The van der Waals surface area contributed by atoms with Crippen molar-refractivity contribution in [2.45, 2.75) is 0 Å². The summed E-state index contributed by atoms with van der Waals surface area (Å²) in [7, 11) is 0. The number of nitrogens with zero attached hydrogens (tertiary/aromatic N) is 3. The van der Waals surface area contributed by atoms with E-state index in [9.17, 15) is 0 Å². The topological polar surface area (TPSA) is 30.7 Å². The Morgan fingerprint density at radius 1 is 0.654 bits per heavy atom. The smallest absolute Gasteiger partial charge is 0.150 e. The molecular formula is C22H13N3S.